The minimum atomic E-state index is 0.764. The van der Waals surface area contributed by atoms with Crippen LogP contribution in [0.3, 0.4) is 0 Å². The lowest BCUT2D eigenvalue weighted by Crippen LogP contribution is -2.40. The van der Waals surface area contributed by atoms with Crippen LogP contribution in [-0.4, -0.2) is 24.0 Å². The van der Waals surface area contributed by atoms with E-state index in [1.54, 1.807) is 0 Å². The maximum absolute atomic E-state index is 6.02. The molecule has 1 atom stereocenters. The van der Waals surface area contributed by atoms with Crippen molar-refractivity contribution >= 4 is 17.7 Å². The normalized spacial score (nSPS) is 24.4. The van der Waals surface area contributed by atoms with Crippen molar-refractivity contribution in [3.05, 3.63) is 40.9 Å². The van der Waals surface area contributed by atoms with Gasteiger partial charge < -0.3 is 0 Å². The van der Waals surface area contributed by atoms with E-state index >= 15 is 0 Å². The molecule has 1 saturated heterocycles. The molecule has 0 radical (unpaired) electrons. The number of rotatable bonds is 5. The predicted molar refractivity (Wildman–Crippen MR) is 87.0 cm³/mol. The number of piperidine rings is 1. The van der Waals surface area contributed by atoms with Crippen molar-refractivity contribution in [2.24, 2.45) is 5.92 Å². The molecule has 0 amide bonds. The second-order valence-electron chi connectivity index (χ2n) is 6.28. The molecular formula is C18H24ClN. The summed E-state index contributed by atoms with van der Waals surface area (Å²) in [6, 6.07) is 8.85. The summed E-state index contributed by atoms with van der Waals surface area (Å²) in [4.78, 5) is 2.74. The molecule has 1 nitrogen and oxygen atoms in total. The van der Waals surface area contributed by atoms with E-state index in [1.165, 1.54) is 57.2 Å². The van der Waals surface area contributed by atoms with Gasteiger partial charge in [0.05, 0.1) is 0 Å². The van der Waals surface area contributed by atoms with Crippen molar-refractivity contribution < 1.29 is 0 Å². The van der Waals surface area contributed by atoms with Crippen LogP contribution in [0.15, 0.2) is 30.3 Å². The van der Waals surface area contributed by atoms with Gasteiger partial charge in [-0.15, -0.1) is 0 Å². The van der Waals surface area contributed by atoms with Crippen molar-refractivity contribution in [3.63, 3.8) is 0 Å². The average molecular weight is 290 g/mol. The number of hydrogen-bond acceptors (Lipinski definition) is 1. The SMILES string of the molecule is Clc1cccc(/C=C/CC2CCCCN2CC2CC2)c1. The summed E-state index contributed by atoms with van der Waals surface area (Å²) in [7, 11) is 0. The molecule has 1 aliphatic carbocycles. The Balaban J connectivity index is 1.54. The van der Waals surface area contributed by atoms with Crippen LogP contribution in [0.5, 0.6) is 0 Å². The summed E-state index contributed by atoms with van der Waals surface area (Å²) in [5, 5.41) is 0.820. The molecule has 1 heterocycles. The third-order valence-corrected chi connectivity index (χ3v) is 4.74. The first-order chi connectivity index (χ1) is 9.81. The zero-order valence-corrected chi connectivity index (χ0v) is 12.9. The van der Waals surface area contributed by atoms with Crippen molar-refractivity contribution in [2.75, 3.05) is 13.1 Å². The van der Waals surface area contributed by atoms with E-state index in [1.807, 2.05) is 18.2 Å². The van der Waals surface area contributed by atoms with Gasteiger partial charge >= 0.3 is 0 Å². The highest BCUT2D eigenvalue weighted by Gasteiger charge is 2.28. The van der Waals surface area contributed by atoms with Crippen LogP contribution in [0.25, 0.3) is 6.08 Å². The van der Waals surface area contributed by atoms with E-state index in [4.69, 9.17) is 11.6 Å². The van der Waals surface area contributed by atoms with Gasteiger partial charge in [0.2, 0.25) is 0 Å². The molecule has 1 unspecified atom stereocenters. The molecule has 2 aliphatic rings. The van der Waals surface area contributed by atoms with Crippen LogP contribution in [0.4, 0.5) is 0 Å². The summed E-state index contributed by atoms with van der Waals surface area (Å²) < 4.78 is 0. The highest BCUT2D eigenvalue weighted by atomic mass is 35.5. The fraction of sp³-hybridized carbons (Fsp3) is 0.556. The minimum absolute atomic E-state index is 0.764. The van der Waals surface area contributed by atoms with E-state index in [0.717, 1.165) is 17.0 Å². The predicted octanol–water partition coefficient (Wildman–Crippen LogP) is 5.01. The molecule has 1 aromatic rings. The first kappa shape index (κ1) is 14.2. The maximum atomic E-state index is 6.02. The number of hydrogen-bond donors (Lipinski definition) is 0. The van der Waals surface area contributed by atoms with Gasteiger partial charge in [0, 0.05) is 17.6 Å². The lowest BCUT2D eigenvalue weighted by molar-refractivity contribution is 0.143. The Labute approximate surface area is 127 Å². The van der Waals surface area contributed by atoms with Crippen molar-refractivity contribution in [3.8, 4) is 0 Å². The average Bonchev–Trinajstić information content (AvgIpc) is 3.25. The van der Waals surface area contributed by atoms with Gasteiger partial charge in [0.15, 0.2) is 0 Å². The van der Waals surface area contributed by atoms with Crippen molar-refractivity contribution in [1.29, 1.82) is 0 Å². The molecule has 1 aliphatic heterocycles. The molecule has 20 heavy (non-hydrogen) atoms. The van der Waals surface area contributed by atoms with Gasteiger partial charge in [-0.2, -0.15) is 0 Å². The van der Waals surface area contributed by atoms with E-state index < -0.39 is 0 Å². The van der Waals surface area contributed by atoms with Crippen LogP contribution < -0.4 is 0 Å². The molecular weight excluding hydrogens is 266 g/mol. The summed E-state index contributed by atoms with van der Waals surface area (Å²) in [6.07, 6.45) is 12.8. The zero-order valence-electron chi connectivity index (χ0n) is 12.1. The van der Waals surface area contributed by atoms with Gasteiger partial charge in [0.25, 0.3) is 0 Å². The summed E-state index contributed by atoms with van der Waals surface area (Å²) in [6.45, 7) is 2.65. The second kappa shape index (κ2) is 6.78. The topological polar surface area (TPSA) is 3.24 Å². The Morgan fingerprint density at radius 1 is 1.20 bits per heavy atom. The van der Waals surface area contributed by atoms with Gasteiger partial charge in [-0.25, -0.2) is 0 Å². The summed E-state index contributed by atoms with van der Waals surface area (Å²) in [5.41, 5.74) is 1.21. The first-order valence-electron chi connectivity index (χ1n) is 7.97. The molecule has 108 valence electrons. The second-order valence-corrected chi connectivity index (χ2v) is 6.72. The number of halogens is 1. The first-order valence-corrected chi connectivity index (χ1v) is 8.35. The standard InChI is InChI=1S/C18H24ClN/c19-17-7-3-5-15(13-17)6-4-9-18-8-1-2-12-20(18)14-16-10-11-16/h3-7,13,16,18H,1-2,8-12,14H2/b6-4+. The van der Waals surface area contributed by atoms with Crippen LogP contribution in [-0.2, 0) is 0 Å². The number of benzene rings is 1. The molecule has 0 aromatic heterocycles. The van der Waals surface area contributed by atoms with E-state index in [9.17, 15) is 0 Å². The van der Waals surface area contributed by atoms with E-state index in [0.29, 0.717) is 0 Å². The van der Waals surface area contributed by atoms with Gasteiger partial charge in [-0.1, -0.05) is 42.3 Å². The molecule has 0 N–H and O–H groups in total. The number of likely N-dealkylation sites (tertiary alicyclic amines) is 1. The molecule has 1 saturated carbocycles. The van der Waals surface area contributed by atoms with Crippen LogP contribution in [0, 0.1) is 5.92 Å². The van der Waals surface area contributed by atoms with Crippen molar-refractivity contribution in [2.45, 2.75) is 44.6 Å². The smallest absolute Gasteiger partial charge is 0.0411 e. The Morgan fingerprint density at radius 2 is 2.10 bits per heavy atom. The Hall–Kier alpha value is -0.790. The van der Waals surface area contributed by atoms with Crippen LogP contribution in [0.2, 0.25) is 5.02 Å². The quantitative estimate of drug-likeness (QED) is 0.737. The highest BCUT2D eigenvalue weighted by Crippen LogP contribution is 2.32. The lowest BCUT2D eigenvalue weighted by Gasteiger charge is -2.35. The molecule has 0 bridgehead atoms. The molecule has 3 rings (SSSR count). The molecule has 1 aromatic carbocycles. The van der Waals surface area contributed by atoms with Crippen LogP contribution in [0.1, 0.15) is 44.1 Å². The number of nitrogens with zero attached hydrogens (tertiary/aromatic N) is 1. The van der Waals surface area contributed by atoms with Gasteiger partial charge in [-0.3, -0.25) is 4.90 Å². The maximum Gasteiger partial charge on any atom is 0.0411 e. The van der Waals surface area contributed by atoms with E-state index in [2.05, 4.69) is 23.1 Å². The van der Waals surface area contributed by atoms with Gasteiger partial charge in [0.1, 0.15) is 0 Å². The minimum Gasteiger partial charge on any atom is -0.300 e. The Bertz CT molecular complexity index is 464. The Kier molecular flexibility index (Phi) is 4.80. The third-order valence-electron chi connectivity index (χ3n) is 4.51. The summed E-state index contributed by atoms with van der Waals surface area (Å²) >= 11 is 6.02. The largest absolute Gasteiger partial charge is 0.300 e. The zero-order chi connectivity index (χ0) is 13.8. The fourth-order valence-corrected chi connectivity index (χ4v) is 3.37. The van der Waals surface area contributed by atoms with Crippen LogP contribution >= 0.6 is 11.6 Å². The monoisotopic (exact) mass is 289 g/mol. The Morgan fingerprint density at radius 3 is 2.90 bits per heavy atom. The lowest BCUT2D eigenvalue weighted by atomic mass is 9.98. The third kappa shape index (κ3) is 4.10. The fourth-order valence-electron chi connectivity index (χ4n) is 3.17. The molecule has 2 fully saturated rings. The van der Waals surface area contributed by atoms with Crippen molar-refractivity contribution in [1.82, 2.24) is 4.90 Å². The highest BCUT2D eigenvalue weighted by molar-refractivity contribution is 6.30. The molecule has 2 heteroatoms. The molecule has 0 spiro atoms. The summed E-state index contributed by atoms with van der Waals surface area (Å²) in [5.74, 6) is 1.01. The van der Waals surface area contributed by atoms with E-state index in [-0.39, 0.29) is 0 Å². The van der Waals surface area contributed by atoms with Gasteiger partial charge in [-0.05, 0) is 62.3 Å².